The Morgan fingerprint density at radius 1 is 1.17 bits per heavy atom. The number of anilines is 1. The van der Waals surface area contributed by atoms with Crippen LogP contribution in [-0.4, -0.2) is 24.1 Å². The molecule has 124 valence electrons. The molecule has 0 spiro atoms. The first kappa shape index (κ1) is 15.8. The van der Waals surface area contributed by atoms with Crippen LogP contribution in [0.2, 0.25) is 0 Å². The van der Waals surface area contributed by atoms with Crippen LogP contribution in [0.5, 0.6) is 0 Å². The molecule has 4 atom stereocenters. The van der Waals surface area contributed by atoms with E-state index in [1.54, 1.807) is 0 Å². The standard InChI is InChI=1S/C15H14F3NO4/c16-15(17,18)7-2-1-3-8(6-7)19-13(20)11-9-4-5-10(23-9)12(11)14(21)22/h1-3,6,9-12H,4-5H2,(H,19,20)(H,21,22)/p-1/t9-,10+,11-,12+/m1/s1. The molecule has 1 amide bonds. The largest absolute Gasteiger partial charge is 0.550 e. The zero-order valence-electron chi connectivity index (χ0n) is 11.8. The van der Waals surface area contributed by atoms with Crippen LogP contribution in [0.1, 0.15) is 18.4 Å². The summed E-state index contributed by atoms with van der Waals surface area (Å²) in [6, 6.07) is 4.18. The van der Waals surface area contributed by atoms with Crippen molar-refractivity contribution >= 4 is 17.6 Å². The number of alkyl halides is 3. The van der Waals surface area contributed by atoms with E-state index in [9.17, 15) is 27.9 Å². The minimum absolute atomic E-state index is 0.0373. The number of nitrogens with one attached hydrogen (secondary N) is 1. The molecule has 2 heterocycles. The summed E-state index contributed by atoms with van der Waals surface area (Å²) in [5.74, 6) is -4.06. The molecule has 1 aromatic carbocycles. The van der Waals surface area contributed by atoms with E-state index in [2.05, 4.69) is 5.32 Å². The number of benzene rings is 1. The Hall–Kier alpha value is -2.09. The third kappa shape index (κ3) is 2.90. The molecule has 5 nitrogen and oxygen atoms in total. The molecule has 0 saturated carbocycles. The third-order valence-electron chi connectivity index (χ3n) is 4.31. The van der Waals surface area contributed by atoms with E-state index in [0.29, 0.717) is 12.8 Å². The molecule has 1 aromatic rings. The van der Waals surface area contributed by atoms with Gasteiger partial charge in [0.15, 0.2) is 0 Å². The Balaban J connectivity index is 1.78. The van der Waals surface area contributed by atoms with Gasteiger partial charge in [0.1, 0.15) is 0 Å². The van der Waals surface area contributed by atoms with E-state index >= 15 is 0 Å². The van der Waals surface area contributed by atoms with Crippen LogP contribution in [0.25, 0.3) is 0 Å². The number of hydrogen-bond donors (Lipinski definition) is 1. The number of carbonyl (C=O) groups excluding carboxylic acids is 2. The first-order valence-corrected chi connectivity index (χ1v) is 7.12. The summed E-state index contributed by atoms with van der Waals surface area (Å²) in [6.07, 6.45) is -4.54. The molecule has 0 aliphatic carbocycles. The van der Waals surface area contributed by atoms with Crippen LogP contribution >= 0.6 is 0 Å². The number of ether oxygens (including phenoxy) is 1. The van der Waals surface area contributed by atoms with Crippen LogP contribution < -0.4 is 10.4 Å². The van der Waals surface area contributed by atoms with Crippen molar-refractivity contribution in [2.45, 2.75) is 31.2 Å². The fraction of sp³-hybridized carbons (Fsp3) is 0.467. The lowest BCUT2D eigenvalue weighted by Crippen LogP contribution is -2.46. The molecule has 1 N–H and O–H groups in total. The molecule has 0 unspecified atom stereocenters. The number of fused-ring (bicyclic) bond motifs is 2. The molecule has 23 heavy (non-hydrogen) atoms. The van der Waals surface area contributed by atoms with E-state index in [4.69, 9.17) is 4.74 Å². The molecule has 2 saturated heterocycles. The van der Waals surface area contributed by atoms with Gasteiger partial charge in [-0.25, -0.2) is 0 Å². The second-order valence-corrected chi connectivity index (χ2v) is 5.73. The molecular formula is C15H13F3NO4-. The normalized spacial score (nSPS) is 29.5. The molecule has 0 aromatic heterocycles. The Kier molecular flexibility index (Phi) is 3.79. The van der Waals surface area contributed by atoms with E-state index in [1.807, 2.05) is 0 Å². The summed E-state index contributed by atoms with van der Waals surface area (Å²) < 4.78 is 43.5. The number of carboxylic acids is 1. The van der Waals surface area contributed by atoms with Gasteiger partial charge in [-0.1, -0.05) is 6.07 Å². The monoisotopic (exact) mass is 328 g/mol. The van der Waals surface area contributed by atoms with Gasteiger partial charge in [-0.15, -0.1) is 0 Å². The fourth-order valence-electron chi connectivity index (χ4n) is 3.31. The van der Waals surface area contributed by atoms with Crippen LogP contribution in [0.15, 0.2) is 24.3 Å². The summed E-state index contributed by atoms with van der Waals surface area (Å²) in [7, 11) is 0. The molecule has 2 bridgehead atoms. The van der Waals surface area contributed by atoms with Gasteiger partial charge in [0.05, 0.1) is 23.7 Å². The van der Waals surface area contributed by atoms with Gasteiger partial charge in [-0.3, -0.25) is 4.79 Å². The van der Waals surface area contributed by atoms with E-state index in [1.165, 1.54) is 12.1 Å². The Morgan fingerprint density at radius 3 is 2.43 bits per heavy atom. The second kappa shape index (κ2) is 5.52. The summed E-state index contributed by atoms with van der Waals surface area (Å²) in [6.45, 7) is 0. The summed E-state index contributed by atoms with van der Waals surface area (Å²) >= 11 is 0. The average Bonchev–Trinajstić information content (AvgIpc) is 3.07. The first-order valence-electron chi connectivity index (χ1n) is 7.12. The van der Waals surface area contributed by atoms with Gasteiger partial charge >= 0.3 is 6.18 Å². The molecule has 0 radical (unpaired) electrons. The van der Waals surface area contributed by atoms with Crippen molar-refractivity contribution in [1.29, 1.82) is 0 Å². The van der Waals surface area contributed by atoms with Crippen molar-refractivity contribution in [2.24, 2.45) is 11.8 Å². The minimum atomic E-state index is -4.52. The quantitative estimate of drug-likeness (QED) is 0.904. The van der Waals surface area contributed by atoms with Crippen LogP contribution in [0, 0.1) is 11.8 Å². The van der Waals surface area contributed by atoms with Crippen molar-refractivity contribution in [1.82, 2.24) is 0 Å². The van der Waals surface area contributed by atoms with Crippen molar-refractivity contribution in [3.05, 3.63) is 29.8 Å². The Morgan fingerprint density at radius 2 is 1.83 bits per heavy atom. The maximum atomic E-state index is 12.7. The van der Waals surface area contributed by atoms with Gasteiger partial charge in [0.2, 0.25) is 5.91 Å². The SMILES string of the molecule is O=C([O-])[C@@H]1[C@H](C(=O)Nc2cccc(C(F)(F)F)c2)[C@H]2CC[C@@H]1O2. The second-order valence-electron chi connectivity index (χ2n) is 5.73. The van der Waals surface area contributed by atoms with Gasteiger partial charge < -0.3 is 20.0 Å². The van der Waals surface area contributed by atoms with Gasteiger partial charge in [0.25, 0.3) is 0 Å². The smallest absolute Gasteiger partial charge is 0.416 e. The summed E-state index contributed by atoms with van der Waals surface area (Å²) in [4.78, 5) is 23.5. The molecule has 3 rings (SSSR count). The fourth-order valence-corrected chi connectivity index (χ4v) is 3.31. The van der Waals surface area contributed by atoms with Crippen molar-refractivity contribution in [2.75, 3.05) is 5.32 Å². The molecule has 8 heteroatoms. The minimum Gasteiger partial charge on any atom is -0.550 e. The van der Waals surface area contributed by atoms with E-state index < -0.39 is 47.7 Å². The zero-order chi connectivity index (χ0) is 16.8. The van der Waals surface area contributed by atoms with Crippen LogP contribution in [-0.2, 0) is 20.5 Å². The highest BCUT2D eigenvalue weighted by Crippen LogP contribution is 2.43. The highest BCUT2D eigenvalue weighted by molar-refractivity contribution is 5.96. The van der Waals surface area contributed by atoms with Gasteiger partial charge in [0, 0.05) is 17.6 Å². The zero-order valence-corrected chi connectivity index (χ0v) is 11.8. The maximum Gasteiger partial charge on any atom is 0.416 e. The van der Waals surface area contributed by atoms with E-state index in [-0.39, 0.29) is 5.69 Å². The summed E-state index contributed by atoms with van der Waals surface area (Å²) in [5, 5.41) is 13.6. The average molecular weight is 328 g/mol. The van der Waals surface area contributed by atoms with Gasteiger partial charge in [-0.05, 0) is 31.0 Å². The molecule has 2 aliphatic heterocycles. The number of carbonyl (C=O) groups is 2. The lowest BCUT2D eigenvalue weighted by Gasteiger charge is -2.27. The molecule has 2 fully saturated rings. The number of halogens is 3. The van der Waals surface area contributed by atoms with Crippen LogP contribution in [0.3, 0.4) is 0 Å². The Labute approximate surface area is 129 Å². The molecular weight excluding hydrogens is 315 g/mol. The number of aliphatic carboxylic acids is 1. The lowest BCUT2D eigenvalue weighted by molar-refractivity contribution is -0.313. The van der Waals surface area contributed by atoms with Crippen molar-refractivity contribution < 1.29 is 32.6 Å². The highest BCUT2D eigenvalue weighted by Gasteiger charge is 2.52. The number of amides is 1. The number of hydrogen-bond acceptors (Lipinski definition) is 4. The third-order valence-corrected chi connectivity index (χ3v) is 4.31. The molecule has 2 aliphatic rings. The van der Waals surface area contributed by atoms with Gasteiger partial charge in [-0.2, -0.15) is 13.2 Å². The first-order chi connectivity index (χ1) is 10.8. The lowest BCUT2D eigenvalue weighted by atomic mass is 9.78. The van der Waals surface area contributed by atoms with E-state index in [0.717, 1.165) is 12.1 Å². The maximum absolute atomic E-state index is 12.7. The predicted octanol–water partition coefficient (Wildman–Crippen LogP) is 1.19. The van der Waals surface area contributed by atoms with Crippen molar-refractivity contribution in [3.63, 3.8) is 0 Å². The number of rotatable bonds is 3. The van der Waals surface area contributed by atoms with Crippen LogP contribution in [0.4, 0.5) is 18.9 Å². The topological polar surface area (TPSA) is 78.5 Å². The summed E-state index contributed by atoms with van der Waals surface area (Å²) in [5.41, 5.74) is -0.930. The Bertz CT molecular complexity index is 646. The predicted molar refractivity (Wildman–Crippen MR) is 70.0 cm³/mol. The van der Waals surface area contributed by atoms with Crippen molar-refractivity contribution in [3.8, 4) is 0 Å². The highest BCUT2D eigenvalue weighted by atomic mass is 19.4. The number of carboxylic acid groups (broad SMARTS) is 1.